The normalized spacial score (nSPS) is 14.7. The predicted molar refractivity (Wildman–Crippen MR) is 83.6 cm³/mol. The maximum absolute atomic E-state index is 5.64. The first kappa shape index (κ1) is 15.1. The zero-order valence-electron chi connectivity index (χ0n) is 12.1. The lowest BCUT2D eigenvalue weighted by Crippen LogP contribution is -2.27. The lowest BCUT2D eigenvalue weighted by molar-refractivity contribution is 0.171. The van der Waals surface area contributed by atoms with Gasteiger partial charge < -0.3 is 9.47 Å². The fraction of sp³-hybridized carbons (Fsp3) is 0.500. The highest BCUT2D eigenvalue weighted by Crippen LogP contribution is 2.36. The molecule has 0 spiro atoms. The van der Waals surface area contributed by atoms with Crippen LogP contribution in [0.4, 0.5) is 0 Å². The zero-order valence-corrected chi connectivity index (χ0v) is 12.9. The van der Waals surface area contributed by atoms with E-state index in [0.29, 0.717) is 13.2 Å². The SMILES string of the molecule is C#CC(CCC)NCc1cc2c(cc1SC)OCCO2. The monoisotopic (exact) mass is 291 g/mol. The van der Waals surface area contributed by atoms with E-state index in [9.17, 15) is 0 Å². The van der Waals surface area contributed by atoms with Crippen LogP contribution in [0.3, 0.4) is 0 Å². The third-order valence-corrected chi connectivity index (χ3v) is 4.08. The molecule has 3 nitrogen and oxygen atoms in total. The summed E-state index contributed by atoms with van der Waals surface area (Å²) < 4.78 is 11.3. The molecule has 0 aromatic heterocycles. The molecule has 1 unspecified atom stereocenters. The molecule has 1 N–H and O–H groups in total. The van der Waals surface area contributed by atoms with Crippen molar-refractivity contribution in [3.63, 3.8) is 0 Å². The van der Waals surface area contributed by atoms with Crippen LogP contribution in [0.25, 0.3) is 0 Å². The number of hydrogen-bond acceptors (Lipinski definition) is 4. The Labute approximate surface area is 125 Å². The molecule has 0 bridgehead atoms. The van der Waals surface area contributed by atoms with Gasteiger partial charge in [-0.1, -0.05) is 19.3 Å². The van der Waals surface area contributed by atoms with Crippen LogP contribution < -0.4 is 14.8 Å². The molecule has 1 aliphatic rings. The molecule has 108 valence electrons. The number of hydrogen-bond donors (Lipinski definition) is 1. The van der Waals surface area contributed by atoms with Gasteiger partial charge in [-0.3, -0.25) is 5.32 Å². The van der Waals surface area contributed by atoms with Crippen LogP contribution in [0.1, 0.15) is 25.3 Å². The van der Waals surface area contributed by atoms with E-state index < -0.39 is 0 Å². The Kier molecular flexibility index (Phi) is 5.63. The van der Waals surface area contributed by atoms with E-state index >= 15 is 0 Å². The second kappa shape index (κ2) is 7.47. The smallest absolute Gasteiger partial charge is 0.162 e. The summed E-state index contributed by atoms with van der Waals surface area (Å²) in [5, 5.41) is 3.42. The Morgan fingerprint density at radius 1 is 1.35 bits per heavy atom. The number of benzene rings is 1. The van der Waals surface area contributed by atoms with Gasteiger partial charge in [0.05, 0.1) is 6.04 Å². The van der Waals surface area contributed by atoms with Gasteiger partial charge in [0.2, 0.25) is 0 Å². The maximum atomic E-state index is 5.64. The Hall–Kier alpha value is -1.31. The summed E-state index contributed by atoms with van der Waals surface area (Å²) in [5.41, 5.74) is 1.21. The fourth-order valence-corrected chi connectivity index (χ4v) is 2.82. The quantitative estimate of drug-likeness (QED) is 0.644. The predicted octanol–water partition coefficient (Wildman–Crippen LogP) is 3.07. The van der Waals surface area contributed by atoms with Crippen molar-refractivity contribution in [3.05, 3.63) is 17.7 Å². The second-order valence-electron chi connectivity index (χ2n) is 4.70. The number of nitrogens with one attached hydrogen (secondary N) is 1. The van der Waals surface area contributed by atoms with E-state index in [1.165, 1.54) is 10.5 Å². The molecular formula is C16H21NO2S. The van der Waals surface area contributed by atoms with Gasteiger partial charge in [-0.2, -0.15) is 0 Å². The molecule has 20 heavy (non-hydrogen) atoms. The molecule has 1 aliphatic heterocycles. The highest BCUT2D eigenvalue weighted by Gasteiger charge is 2.16. The number of ether oxygens (including phenoxy) is 2. The van der Waals surface area contributed by atoms with Gasteiger partial charge in [-0.05, 0) is 30.4 Å². The lowest BCUT2D eigenvalue weighted by Gasteiger charge is -2.21. The van der Waals surface area contributed by atoms with Crippen LogP contribution in [0, 0.1) is 12.3 Å². The number of rotatable bonds is 6. The first-order chi connectivity index (χ1) is 9.78. The molecule has 1 heterocycles. The van der Waals surface area contributed by atoms with E-state index in [1.807, 2.05) is 0 Å². The van der Waals surface area contributed by atoms with Crippen LogP contribution >= 0.6 is 11.8 Å². The first-order valence-electron chi connectivity index (χ1n) is 6.94. The number of thioether (sulfide) groups is 1. The lowest BCUT2D eigenvalue weighted by atomic mass is 10.1. The molecule has 0 radical (unpaired) electrons. The van der Waals surface area contributed by atoms with Crippen LogP contribution in [0.15, 0.2) is 17.0 Å². The Bertz CT molecular complexity index is 496. The molecule has 1 aromatic carbocycles. The standard InChI is InChI=1S/C16H21NO2S/c1-4-6-13(5-2)17-11-12-9-14-15(10-16(12)20-3)19-8-7-18-14/h2,9-10,13,17H,4,6-8,11H2,1,3H3. The van der Waals surface area contributed by atoms with Crippen molar-refractivity contribution in [2.24, 2.45) is 0 Å². The van der Waals surface area contributed by atoms with E-state index in [-0.39, 0.29) is 6.04 Å². The molecule has 4 heteroatoms. The molecule has 0 fully saturated rings. The van der Waals surface area contributed by atoms with Crippen LogP contribution in [-0.2, 0) is 6.54 Å². The summed E-state index contributed by atoms with van der Waals surface area (Å²) in [7, 11) is 0. The maximum Gasteiger partial charge on any atom is 0.162 e. The first-order valence-corrected chi connectivity index (χ1v) is 8.17. The van der Waals surface area contributed by atoms with E-state index in [2.05, 4.69) is 36.5 Å². The molecule has 1 aromatic rings. The van der Waals surface area contributed by atoms with E-state index in [4.69, 9.17) is 15.9 Å². The second-order valence-corrected chi connectivity index (χ2v) is 5.54. The Morgan fingerprint density at radius 2 is 2.05 bits per heavy atom. The third kappa shape index (κ3) is 3.62. The minimum Gasteiger partial charge on any atom is -0.486 e. The van der Waals surface area contributed by atoms with Crippen LogP contribution in [0.2, 0.25) is 0 Å². The van der Waals surface area contributed by atoms with Crippen molar-refractivity contribution in [1.29, 1.82) is 0 Å². The minimum atomic E-state index is 0.128. The van der Waals surface area contributed by atoms with Crippen LogP contribution in [0.5, 0.6) is 11.5 Å². The summed E-state index contributed by atoms with van der Waals surface area (Å²) in [6.45, 7) is 4.13. The van der Waals surface area contributed by atoms with Crippen LogP contribution in [-0.4, -0.2) is 25.5 Å². The van der Waals surface area contributed by atoms with Gasteiger partial charge in [-0.25, -0.2) is 0 Å². The van der Waals surface area contributed by atoms with Gasteiger partial charge in [0, 0.05) is 11.4 Å². The van der Waals surface area contributed by atoms with Gasteiger partial charge in [0.1, 0.15) is 13.2 Å². The molecule has 0 aliphatic carbocycles. The van der Waals surface area contributed by atoms with Crippen molar-refractivity contribution in [2.75, 3.05) is 19.5 Å². The molecule has 0 amide bonds. The summed E-state index contributed by atoms with van der Waals surface area (Å²) in [6.07, 6.45) is 9.69. The Morgan fingerprint density at radius 3 is 2.65 bits per heavy atom. The molecule has 2 rings (SSSR count). The summed E-state index contributed by atoms with van der Waals surface area (Å²) >= 11 is 1.71. The third-order valence-electron chi connectivity index (χ3n) is 3.26. The summed E-state index contributed by atoms with van der Waals surface area (Å²) in [6, 6.07) is 4.25. The van der Waals surface area contributed by atoms with Gasteiger partial charge in [0.15, 0.2) is 11.5 Å². The molecule has 0 saturated carbocycles. The summed E-state index contributed by atoms with van der Waals surface area (Å²) in [4.78, 5) is 1.20. The van der Waals surface area contributed by atoms with Crippen molar-refractivity contribution in [1.82, 2.24) is 5.32 Å². The molecular weight excluding hydrogens is 270 g/mol. The van der Waals surface area contributed by atoms with Crippen molar-refractivity contribution in [2.45, 2.75) is 37.2 Å². The highest BCUT2D eigenvalue weighted by atomic mass is 32.2. The van der Waals surface area contributed by atoms with Crippen molar-refractivity contribution in [3.8, 4) is 23.8 Å². The zero-order chi connectivity index (χ0) is 14.4. The molecule has 0 saturated heterocycles. The minimum absolute atomic E-state index is 0.128. The van der Waals surface area contributed by atoms with Gasteiger partial charge in [-0.15, -0.1) is 18.2 Å². The van der Waals surface area contributed by atoms with E-state index in [0.717, 1.165) is 30.9 Å². The average molecular weight is 291 g/mol. The summed E-state index contributed by atoms with van der Waals surface area (Å²) in [5.74, 6) is 4.47. The highest BCUT2D eigenvalue weighted by molar-refractivity contribution is 7.98. The fourth-order valence-electron chi connectivity index (χ4n) is 2.21. The number of terminal acetylenes is 1. The van der Waals surface area contributed by atoms with Gasteiger partial charge in [0.25, 0.3) is 0 Å². The van der Waals surface area contributed by atoms with Crippen molar-refractivity contribution >= 4 is 11.8 Å². The largest absolute Gasteiger partial charge is 0.486 e. The number of fused-ring (bicyclic) bond motifs is 1. The Balaban J connectivity index is 2.12. The molecule has 1 atom stereocenters. The van der Waals surface area contributed by atoms with E-state index in [1.54, 1.807) is 11.8 Å². The topological polar surface area (TPSA) is 30.5 Å². The van der Waals surface area contributed by atoms with Gasteiger partial charge >= 0.3 is 0 Å². The average Bonchev–Trinajstić information content (AvgIpc) is 2.50. The van der Waals surface area contributed by atoms with Crippen molar-refractivity contribution < 1.29 is 9.47 Å².